The van der Waals surface area contributed by atoms with Crippen molar-refractivity contribution in [2.45, 2.75) is 50.9 Å². The molecule has 4 fully saturated rings. The Hall–Kier alpha value is -1.71. The number of aliphatic hydroxyl groups is 3. The average Bonchev–Trinajstić information content (AvgIpc) is 2.64. The van der Waals surface area contributed by atoms with Gasteiger partial charge in [-0.1, -0.05) is 13.3 Å². The van der Waals surface area contributed by atoms with Crippen LogP contribution in [0, 0.1) is 47.3 Å². The van der Waals surface area contributed by atoms with Crippen molar-refractivity contribution in [1.29, 1.82) is 0 Å². The average molecular weight is 427 g/mol. The van der Waals surface area contributed by atoms with Gasteiger partial charge >= 0.3 is 0 Å². The molecule has 4 aliphatic carbocycles. The number of primary amides is 1. The van der Waals surface area contributed by atoms with Gasteiger partial charge in [-0.15, -0.1) is 0 Å². The highest BCUT2D eigenvalue weighted by molar-refractivity contribution is 6.04. The summed E-state index contributed by atoms with van der Waals surface area (Å²) >= 11 is 0. The number of rotatable bonds is 1. The number of amides is 1. The molecule has 11 atom stereocenters. The Morgan fingerprint density at radius 2 is 1.63 bits per heavy atom. The summed E-state index contributed by atoms with van der Waals surface area (Å²) in [6.07, 6.45) is -4.76. The zero-order valence-corrected chi connectivity index (χ0v) is 16.6. The third kappa shape index (κ3) is 2.89. The number of fused-ring (bicyclic) bond motifs is 3. The number of hydrogen-bond donors (Lipinski definition) is 4. The first-order valence-corrected chi connectivity index (χ1v) is 10.5. The Morgan fingerprint density at radius 3 is 2.23 bits per heavy atom. The molecule has 0 aromatic rings. The highest BCUT2D eigenvalue weighted by Crippen LogP contribution is 2.58. The van der Waals surface area contributed by atoms with Crippen LogP contribution < -0.4 is 5.73 Å². The van der Waals surface area contributed by atoms with Gasteiger partial charge in [0.05, 0.1) is 30.1 Å². The maximum absolute atomic E-state index is 14.2. The Balaban J connectivity index is 1.81. The second-order valence-electron chi connectivity index (χ2n) is 9.43. The Morgan fingerprint density at radius 1 is 0.967 bits per heavy atom. The Bertz CT molecular complexity index is 811. The number of Topliss-reactive ketones (excluding diaryl/α,β-unsaturated/α-hetero) is 2. The number of nitrogens with two attached hydrogens (primary N) is 1. The van der Waals surface area contributed by atoms with Crippen LogP contribution in [0.4, 0.5) is 8.78 Å². The maximum atomic E-state index is 14.2. The summed E-state index contributed by atoms with van der Waals surface area (Å²) in [4.78, 5) is 38.0. The van der Waals surface area contributed by atoms with Crippen molar-refractivity contribution in [3.05, 3.63) is 11.7 Å². The van der Waals surface area contributed by atoms with Crippen LogP contribution in [-0.2, 0) is 14.4 Å². The van der Waals surface area contributed by atoms with E-state index in [9.17, 15) is 38.5 Å². The number of allylic oxidation sites excluding steroid dienone is 1. The highest BCUT2D eigenvalue weighted by atomic mass is 19.3. The number of carbonyl (C=O) groups excluding carboxylic acids is 3. The van der Waals surface area contributed by atoms with Crippen LogP contribution in [0.15, 0.2) is 11.7 Å². The van der Waals surface area contributed by atoms with Crippen molar-refractivity contribution in [3.63, 3.8) is 0 Å². The Kier molecular flexibility index (Phi) is 5.35. The fourth-order valence-corrected chi connectivity index (χ4v) is 6.96. The summed E-state index contributed by atoms with van der Waals surface area (Å²) in [5, 5.41) is 31.8. The minimum Gasteiger partial charge on any atom is -0.392 e. The molecule has 0 aromatic heterocycles. The van der Waals surface area contributed by atoms with Crippen molar-refractivity contribution >= 4 is 17.5 Å². The fraction of sp³-hybridized carbons (Fsp3) is 0.762. The fourth-order valence-electron chi connectivity index (χ4n) is 6.96. The van der Waals surface area contributed by atoms with E-state index in [0.29, 0.717) is 19.3 Å². The summed E-state index contributed by atoms with van der Waals surface area (Å²) < 4.78 is 28.4. The second-order valence-corrected chi connectivity index (χ2v) is 9.43. The lowest BCUT2D eigenvalue weighted by atomic mass is 9.47. The van der Waals surface area contributed by atoms with Crippen molar-refractivity contribution in [3.8, 4) is 0 Å². The van der Waals surface area contributed by atoms with E-state index in [1.54, 1.807) is 6.92 Å². The number of hydrogen-bond acceptors (Lipinski definition) is 6. The molecule has 0 aliphatic heterocycles. The lowest BCUT2D eigenvalue weighted by Crippen LogP contribution is -2.64. The third-order valence-corrected chi connectivity index (χ3v) is 8.16. The van der Waals surface area contributed by atoms with E-state index in [1.807, 2.05) is 0 Å². The standard InChI is InChI=1S/C21H27F2NO6/c1-6-8-5-10(26)15(21(24)30)18(28)14(8)19(29)16-11(6)13(20(22)23)7-3-2-4-9(25)12(7)17(16)27/h6-12,14-16,19,25-26,29H,2-5H2,1H3,(H2,24,30). The smallest absolute Gasteiger partial charge is 0.270 e. The largest absolute Gasteiger partial charge is 0.392 e. The van der Waals surface area contributed by atoms with E-state index < -0.39 is 89.2 Å². The van der Waals surface area contributed by atoms with Gasteiger partial charge in [-0.2, -0.15) is 8.78 Å². The predicted molar refractivity (Wildman–Crippen MR) is 98.5 cm³/mol. The molecule has 166 valence electrons. The van der Waals surface area contributed by atoms with Gasteiger partial charge < -0.3 is 21.1 Å². The minimum atomic E-state index is -1.91. The molecule has 0 aromatic carbocycles. The first kappa shape index (κ1) is 21.5. The molecule has 7 nitrogen and oxygen atoms in total. The molecule has 5 N–H and O–H groups in total. The van der Waals surface area contributed by atoms with Gasteiger partial charge in [-0.25, -0.2) is 0 Å². The van der Waals surface area contributed by atoms with E-state index >= 15 is 0 Å². The van der Waals surface area contributed by atoms with Gasteiger partial charge in [0, 0.05) is 17.4 Å². The monoisotopic (exact) mass is 427 g/mol. The van der Waals surface area contributed by atoms with Crippen molar-refractivity contribution in [2.24, 2.45) is 53.1 Å². The van der Waals surface area contributed by atoms with E-state index in [2.05, 4.69) is 0 Å². The van der Waals surface area contributed by atoms with Gasteiger partial charge in [0.2, 0.25) is 5.91 Å². The molecule has 4 rings (SSSR count). The van der Waals surface area contributed by atoms with Crippen molar-refractivity contribution in [1.82, 2.24) is 0 Å². The van der Waals surface area contributed by atoms with E-state index in [1.165, 1.54) is 0 Å². The molecule has 30 heavy (non-hydrogen) atoms. The molecule has 4 aliphatic rings. The lowest BCUT2D eigenvalue weighted by Gasteiger charge is -2.56. The van der Waals surface area contributed by atoms with Crippen LogP contribution in [0.5, 0.6) is 0 Å². The SMILES string of the molecule is CC1C2CC(O)C(C(N)=O)C(=O)C2C(O)C2C(=O)C3C(O)CCCC3C(=C(F)F)C12. The molecule has 4 saturated carbocycles. The van der Waals surface area contributed by atoms with Crippen molar-refractivity contribution in [2.75, 3.05) is 0 Å². The topological polar surface area (TPSA) is 138 Å². The minimum absolute atomic E-state index is 0.0441. The lowest BCUT2D eigenvalue weighted by molar-refractivity contribution is -0.173. The number of aliphatic hydroxyl groups excluding tert-OH is 3. The van der Waals surface area contributed by atoms with Crippen LogP contribution in [-0.4, -0.2) is 51.1 Å². The molecule has 0 radical (unpaired) electrons. The van der Waals surface area contributed by atoms with Crippen LogP contribution in [0.2, 0.25) is 0 Å². The van der Waals surface area contributed by atoms with Crippen LogP contribution in [0.3, 0.4) is 0 Å². The van der Waals surface area contributed by atoms with Crippen LogP contribution in [0.25, 0.3) is 0 Å². The van der Waals surface area contributed by atoms with E-state index in [0.717, 1.165) is 0 Å². The van der Waals surface area contributed by atoms with Gasteiger partial charge in [-0.3, -0.25) is 14.4 Å². The summed E-state index contributed by atoms with van der Waals surface area (Å²) in [5.74, 6) is -10.2. The molecule has 0 bridgehead atoms. The van der Waals surface area contributed by atoms with Gasteiger partial charge in [-0.05, 0) is 37.0 Å². The Labute approximate surface area is 172 Å². The summed E-state index contributed by atoms with van der Waals surface area (Å²) in [6, 6.07) is 0. The molecule has 11 unspecified atom stereocenters. The summed E-state index contributed by atoms with van der Waals surface area (Å²) in [5.41, 5.74) is 5.07. The maximum Gasteiger partial charge on any atom is 0.270 e. The van der Waals surface area contributed by atoms with Crippen molar-refractivity contribution < 1.29 is 38.5 Å². The second kappa shape index (κ2) is 7.46. The van der Waals surface area contributed by atoms with Gasteiger partial charge in [0.25, 0.3) is 6.08 Å². The number of carbonyl (C=O) groups is 3. The molecule has 0 saturated heterocycles. The normalized spacial score (nSPS) is 48.5. The molecule has 0 heterocycles. The van der Waals surface area contributed by atoms with Gasteiger partial charge in [0.1, 0.15) is 11.7 Å². The molecule has 1 amide bonds. The number of ketones is 2. The highest BCUT2D eigenvalue weighted by Gasteiger charge is 2.64. The van der Waals surface area contributed by atoms with Crippen LogP contribution >= 0.6 is 0 Å². The quantitative estimate of drug-likeness (QED) is 0.447. The molecule has 0 spiro atoms. The third-order valence-electron chi connectivity index (χ3n) is 8.16. The predicted octanol–water partition coefficient (Wildman–Crippen LogP) is 0.408. The first-order chi connectivity index (χ1) is 14.1. The molecule has 9 heteroatoms. The summed E-state index contributed by atoms with van der Waals surface area (Å²) in [6.45, 7) is 1.65. The van der Waals surface area contributed by atoms with Crippen LogP contribution in [0.1, 0.15) is 32.6 Å². The number of halogens is 2. The zero-order chi connectivity index (χ0) is 22.1. The van der Waals surface area contributed by atoms with E-state index in [-0.39, 0.29) is 12.0 Å². The molecular formula is C21H27F2NO6. The summed E-state index contributed by atoms with van der Waals surface area (Å²) in [7, 11) is 0. The molecular weight excluding hydrogens is 400 g/mol. The van der Waals surface area contributed by atoms with E-state index in [4.69, 9.17) is 5.73 Å². The van der Waals surface area contributed by atoms with Gasteiger partial charge in [0.15, 0.2) is 5.78 Å². The zero-order valence-electron chi connectivity index (χ0n) is 16.6. The first-order valence-electron chi connectivity index (χ1n) is 10.5.